The van der Waals surface area contributed by atoms with Crippen LogP contribution in [0.5, 0.6) is 5.75 Å². The number of benzene rings is 2. The Bertz CT molecular complexity index is 876. The molecule has 3 aromatic rings. The molecule has 1 aromatic heterocycles. The van der Waals surface area contributed by atoms with E-state index >= 15 is 0 Å². The van der Waals surface area contributed by atoms with Gasteiger partial charge in [0, 0.05) is 6.54 Å². The van der Waals surface area contributed by atoms with E-state index in [1.807, 2.05) is 62.6 Å². The lowest BCUT2D eigenvalue weighted by Gasteiger charge is -2.25. The molecule has 0 spiro atoms. The number of aromatic nitrogens is 4. The van der Waals surface area contributed by atoms with Gasteiger partial charge in [-0.15, -0.1) is 5.10 Å². The highest BCUT2D eigenvalue weighted by Crippen LogP contribution is 2.20. The van der Waals surface area contributed by atoms with E-state index in [2.05, 4.69) is 25.7 Å². The van der Waals surface area contributed by atoms with Crippen molar-refractivity contribution in [3.8, 4) is 11.4 Å². The molecule has 1 heterocycles. The normalized spacial score (nSPS) is 12.0. The molecule has 3 rings (SSSR count). The van der Waals surface area contributed by atoms with Crippen molar-refractivity contribution < 1.29 is 9.53 Å². The molecule has 1 amide bonds. The van der Waals surface area contributed by atoms with Gasteiger partial charge in [-0.3, -0.25) is 4.79 Å². The van der Waals surface area contributed by atoms with Gasteiger partial charge in [-0.05, 0) is 59.9 Å². The van der Waals surface area contributed by atoms with Crippen LogP contribution in [0, 0.1) is 0 Å². The standard InChI is InChI=1S/C20H24N6O2/c1-25(2)19(16-6-10-18(28-3)11-7-16)13-21-20(27)12-15-4-8-17(9-5-15)26-14-22-23-24-26/h4-11,14,19H,12-13H2,1-3H3,(H,21,27). The molecule has 0 fully saturated rings. The second-order valence-electron chi connectivity index (χ2n) is 6.65. The largest absolute Gasteiger partial charge is 0.497 e. The summed E-state index contributed by atoms with van der Waals surface area (Å²) in [7, 11) is 5.64. The first kappa shape index (κ1) is 19.5. The van der Waals surface area contributed by atoms with Crippen LogP contribution < -0.4 is 10.1 Å². The van der Waals surface area contributed by atoms with Crippen LogP contribution in [0.2, 0.25) is 0 Å². The lowest BCUT2D eigenvalue weighted by atomic mass is 10.1. The Labute approximate surface area is 164 Å². The molecule has 8 nitrogen and oxygen atoms in total. The van der Waals surface area contributed by atoms with Gasteiger partial charge in [0.2, 0.25) is 5.91 Å². The van der Waals surface area contributed by atoms with Gasteiger partial charge in [0.1, 0.15) is 12.1 Å². The first-order valence-electron chi connectivity index (χ1n) is 8.96. The van der Waals surface area contributed by atoms with E-state index in [0.717, 1.165) is 22.6 Å². The predicted molar refractivity (Wildman–Crippen MR) is 105 cm³/mol. The van der Waals surface area contributed by atoms with Crippen LogP contribution in [-0.2, 0) is 11.2 Å². The Morgan fingerprint density at radius 3 is 2.43 bits per heavy atom. The van der Waals surface area contributed by atoms with Gasteiger partial charge in [-0.2, -0.15) is 0 Å². The SMILES string of the molecule is COc1ccc(C(CNC(=O)Cc2ccc(-n3cnnn3)cc2)N(C)C)cc1. The van der Waals surface area contributed by atoms with Crippen LogP contribution in [-0.4, -0.2) is 58.8 Å². The Morgan fingerprint density at radius 1 is 1.14 bits per heavy atom. The van der Waals surface area contributed by atoms with Crippen molar-refractivity contribution >= 4 is 5.91 Å². The number of hydrogen-bond acceptors (Lipinski definition) is 6. The van der Waals surface area contributed by atoms with Gasteiger partial charge in [0.25, 0.3) is 0 Å². The van der Waals surface area contributed by atoms with Crippen LogP contribution in [0.25, 0.3) is 5.69 Å². The molecule has 0 saturated carbocycles. The maximum absolute atomic E-state index is 12.4. The highest BCUT2D eigenvalue weighted by molar-refractivity contribution is 5.78. The second kappa shape index (κ2) is 9.09. The molecule has 0 aliphatic rings. The first-order valence-corrected chi connectivity index (χ1v) is 8.96. The summed E-state index contributed by atoms with van der Waals surface area (Å²) in [6, 6.07) is 15.6. The maximum Gasteiger partial charge on any atom is 0.224 e. The summed E-state index contributed by atoms with van der Waals surface area (Å²) in [6.07, 6.45) is 1.85. The molecule has 8 heteroatoms. The predicted octanol–water partition coefficient (Wildman–Crippen LogP) is 1.63. The fourth-order valence-electron chi connectivity index (χ4n) is 2.93. The second-order valence-corrected chi connectivity index (χ2v) is 6.65. The van der Waals surface area contributed by atoms with Crippen LogP contribution in [0.1, 0.15) is 17.2 Å². The minimum atomic E-state index is -0.0180. The van der Waals surface area contributed by atoms with Gasteiger partial charge in [-0.25, -0.2) is 4.68 Å². The Kier molecular flexibility index (Phi) is 6.33. The summed E-state index contributed by atoms with van der Waals surface area (Å²) in [6.45, 7) is 0.529. The number of amides is 1. The lowest BCUT2D eigenvalue weighted by molar-refractivity contribution is -0.120. The average Bonchev–Trinajstić information content (AvgIpc) is 3.24. The molecule has 1 N–H and O–H groups in total. The van der Waals surface area contributed by atoms with Gasteiger partial charge < -0.3 is 15.0 Å². The van der Waals surface area contributed by atoms with Gasteiger partial charge >= 0.3 is 0 Å². The zero-order chi connectivity index (χ0) is 19.9. The summed E-state index contributed by atoms with van der Waals surface area (Å²) in [4.78, 5) is 14.5. The Morgan fingerprint density at radius 2 is 1.86 bits per heavy atom. The topological polar surface area (TPSA) is 85.2 Å². The van der Waals surface area contributed by atoms with E-state index in [4.69, 9.17) is 4.74 Å². The van der Waals surface area contributed by atoms with Crippen molar-refractivity contribution in [3.63, 3.8) is 0 Å². The van der Waals surface area contributed by atoms with Gasteiger partial charge in [-0.1, -0.05) is 24.3 Å². The van der Waals surface area contributed by atoms with Gasteiger partial charge in [0.15, 0.2) is 0 Å². The third-order valence-corrected chi connectivity index (χ3v) is 4.53. The monoisotopic (exact) mass is 380 g/mol. The van der Waals surface area contributed by atoms with Crippen LogP contribution in [0.4, 0.5) is 0 Å². The molecule has 0 bridgehead atoms. The first-order chi connectivity index (χ1) is 13.6. The molecule has 0 radical (unpaired) electrons. The number of hydrogen-bond donors (Lipinski definition) is 1. The summed E-state index contributed by atoms with van der Waals surface area (Å²) >= 11 is 0. The van der Waals surface area contributed by atoms with Crippen molar-refractivity contribution in [3.05, 3.63) is 66.0 Å². The molecule has 28 heavy (non-hydrogen) atoms. The highest BCUT2D eigenvalue weighted by Gasteiger charge is 2.15. The zero-order valence-electron chi connectivity index (χ0n) is 16.2. The third kappa shape index (κ3) is 4.92. The molecule has 0 aliphatic heterocycles. The van der Waals surface area contributed by atoms with E-state index in [-0.39, 0.29) is 11.9 Å². The number of tetrazole rings is 1. The zero-order valence-corrected chi connectivity index (χ0v) is 16.2. The number of nitrogens with zero attached hydrogens (tertiary/aromatic N) is 5. The number of carbonyl (C=O) groups is 1. The number of methoxy groups -OCH3 is 1. The summed E-state index contributed by atoms with van der Waals surface area (Å²) in [5.41, 5.74) is 2.90. The molecule has 2 aromatic carbocycles. The number of carbonyl (C=O) groups excluding carboxylic acids is 1. The lowest BCUT2D eigenvalue weighted by Crippen LogP contribution is -2.35. The fourth-order valence-corrected chi connectivity index (χ4v) is 2.93. The summed E-state index contributed by atoms with van der Waals surface area (Å²) < 4.78 is 6.78. The molecule has 1 atom stereocenters. The van der Waals surface area contributed by atoms with E-state index in [1.165, 1.54) is 6.33 Å². The summed E-state index contributed by atoms with van der Waals surface area (Å²) in [5.74, 6) is 0.797. The Hall–Kier alpha value is -3.26. The minimum Gasteiger partial charge on any atom is -0.497 e. The van der Waals surface area contributed by atoms with E-state index < -0.39 is 0 Å². The number of rotatable bonds is 8. The van der Waals surface area contributed by atoms with E-state index in [9.17, 15) is 4.79 Å². The van der Waals surface area contributed by atoms with Gasteiger partial charge in [0.05, 0.1) is 25.3 Å². The molecule has 1 unspecified atom stereocenters. The molecular weight excluding hydrogens is 356 g/mol. The highest BCUT2D eigenvalue weighted by atomic mass is 16.5. The number of ether oxygens (including phenoxy) is 1. The van der Waals surface area contributed by atoms with E-state index in [1.54, 1.807) is 11.8 Å². The molecule has 0 saturated heterocycles. The van der Waals surface area contributed by atoms with Crippen molar-refractivity contribution in [1.29, 1.82) is 0 Å². The quantitative estimate of drug-likeness (QED) is 0.639. The smallest absolute Gasteiger partial charge is 0.224 e. The molecule has 0 aliphatic carbocycles. The molecule has 146 valence electrons. The van der Waals surface area contributed by atoms with Crippen LogP contribution in [0.15, 0.2) is 54.9 Å². The van der Waals surface area contributed by atoms with Crippen molar-refractivity contribution in [2.24, 2.45) is 0 Å². The average molecular weight is 380 g/mol. The van der Waals surface area contributed by atoms with Crippen LogP contribution >= 0.6 is 0 Å². The Balaban J connectivity index is 1.57. The third-order valence-electron chi connectivity index (χ3n) is 4.53. The number of nitrogens with one attached hydrogen (secondary N) is 1. The fraction of sp³-hybridized carbons (Fsp3) is 0.300. The summed E-state index contributed by atoms with van der Waals surface area (Å²) in [5, 5.41) is 14.1. The van der Waals surface area contributed by atoms with E-state index in [0.29, 0.717) is 13.0 Å². The van der Waals surface area contributed by atoms with Crippen molar-refractivity contribution in [2.75, 3.05) is 27.7 Å². The van der Waals surface area contributed by atoms with Crippen molar-refractivity contribution in [1.82, 2.24) is 30.4 Å². The number of likely N-dealkylation sites (N-methyl/N-ethyl adjacent to an activating group) is 1. The maximum atomic E-state index is 12.4. The van der Waals surface area contributed by atoms with Crippen LogP contribution in [0.3, 0.4) is 0 Å². The van der Waals surface area contributed by atoms with Crippen molar-refractivity contribution in [2.45, 2.75) is 12.5 Å². The minimum absolute atomic E-state index is 0.0180. The molecular formula is C20H24N6O2.